The fraction of sp³-hybridized carbons (Fsp3) is 0.929. The predicted molar refractivity (Wildman–Crippen MR) is 69.9 cm³/mol. The van der Waals surface area contributed by atoms with Crippen LogP contribution in [-0.4, -0.2) is 23.7 Å². The molecule has 0 bridgehead atoms. The van der Waals surface area contributed by atoms with Crippen LogP contribution in [0.3, 0.4) is 0 Å². The van der Waals surface area contributed by atoms with Gasteiger partial charge in [-0.2, -0.15) is 0 Å². The largest absolute Gasteiger partial charge is 0.459 e. The van der Waals surface area contributed by atoms with Gasteiger partial charge in [0.05, 0.1) is 0 Å². The van der Waals surface area contributed by atoms with E-state index in [0.29, 0.717) is 11.5 Å². The van der Waals surface area contributed by atoms with E-state index in [1.807, 2.05) is 27.7 Å². The number of hydrogen-bond acceptors (Lipinski definition) is 3. The van der Waals surface area contributed by atoms with Gasteiger partial charge in [0, 0.05) is 6.04 Å². The summed E-state index contributed by atoms with van der Waals surface area (Å²) in [5.41, 5.74) is 0.00723. The Bertz CT molecular complexity index is 278. The Balaban J connectivity index is 2.40. The Labute approximate surface area is 105 Å². The molecule has 1 aliphatic carbocycles. The van der Waals surface area contributed by atoms with E-state index in [1.165, 1.54) is 6.42 Å². The van der Waals surface area contributed by atoms with Crippen LogP contribution in [0, 0.1) is 5.41 Å². The number of esters is 1. The molecule has 2 atom stereocenters. The highest BCUT2D eigenvalue weighted by Crippen LogP contribution is 2.37. The standard InChI is InChI=1S/C14H27NO2/c1-10(12(16)17-13(2,3)4)15-11-7-8-14(5,6)9-11/h10-11,15H,7-9H2,1-6H3. The molecule has 0 heterocycles. The van der Waals surface area contributed by atoms with Gasteiger partial charge in [0.1, 0.15) is 11.6 Å². The van der Waals surface area contributed by atoms with Crippen LogP contribution in [-0.2, 0) is 9.53 Å². The molecule has 0 aromatic carbocycles. The lowest BCUT2D eigenvalue weighted by Crippen LogP contribution is -2.43. The number of ether oxygens (including phenoxy) is 1. The highest BCUT2D eigenvalue weighted by molar-refractivity contribution is 5.75. The van der Waals surface area contributed by atoms with Crippen LogP contribution in [0.4, 0.5) is 0 Å². The van der Waals surface area contributed by atoms with Crippen LogP contribution < -0.4 is 5.32 Å². The normalized spacial score (nSPS) is 25.6. The van der Waals surface area contributed by atoms with Crippen molar-refractivity contribution in [2.75, 3.05) is 0 Å². The molecule has 3 heteroatoms. The number of nitrogens with one attached hydrogen (secondary N) is 1. The first kappa shape index (κ1) is 14.5. The van der Waals surface area contributed by atoms with Crippen LogP contribution in [0.5, 0.6) is 0 Å². The van der Waals surface area contributed by atoms with Crippen molar-refractivity contribution in [2.24, 2.45) is 5.41 Å². The Morgan fingerprint density at radius 2 is 2.00 bits per heavy atom. The molecule has 1 aliphatic rings. The molecule has 0 saturated heterocycles. The number of hydrogen-bond donors (Lipinski definition) is 1. The van der Waals surface area contributed by atoms with E-state index in [0.717, 1.165) is 12.8 Å². The molecule has 0 aromatic heterocycles. The molecule has 1 rings (SSSR count). The zero-order chi connectivity index (χ0) is 13.3. The maximum atomic E-state index is 11.8. The van der Waals surface area contributed by atoms with E-state index in [1.54, 1.807) is 0 Å². The molecule has 0 radical (unpaired) electrons. The zero-order valence-corrected chi connectivity index (χ0v) is 12.1. The van der Waals surface area contributed by atoms with Crippen molar-refractivity contribution in [3.63, 3.8) is 0 Å². The molecule has 3 nitrogen and oxygen atoms in total. The summed E-state index contributed by atoms with van der Waals surface area (Å²) in [4.78, 5) is 11.8. The van der Waals surface area contributed by atoms with Crippen molar-refractivity contribution in [1.29, 1.82) is 0 Å². The maximum Gasteiger partial charge on any atom is 0.323 e. The number of rotatable bonds is 3. The monoisotopic (exact) mass is 241 g/mol. The third-order valence-electron chi connectivity index (χ3n) is 3.21. The number of carbonyl (C=O) groups excluding carboxylic acids is 1. The van der Waals surface area contributed by atoms with Crippen molar-refractivity contribution in [3.8, 4) is 0 Å². The fourth-order valence-corrected chi connectivity index (χ4v) is 2.39. The highest BCUT2D eigenvalue weighted by Gasteiger charge is 2.33. The molecule has 0 amide bonds. The molecule has 1 saturated carbocycles. The first-order valence-corrected chi connectivity index (χ1v) is 6.58. The van der Waals surface area contributed by atoms with Gasteiger partial charge in [-0.05, 0) is 52.4 Å². The SMILES string of the molecule is CC(NC1CCC(C)(C)C1)C(=O)OC(C)(C)C. The third-order valence-corrected chi connectivity index (χ3v) is 3.21. The van der Waals surface area contributed by atoms with E-state index in [2.05, 4.69) is 19.2 Å². The molecule has 100 valence electrons. The lowest BCUT2D eigenvalue weighted by Gasteiger charge is -2.25. The minimum Gasteiger partial charge on any atom is -0.459 e. The first-order chi connectivity index (χ1) is 7.59. The van der Waals surface area contributed by atoms with Crippen LogP contribution >= 0.6 is 0 Å². The van der Waals surface area contributed by atoms with Crippen molar-refractivity contribution < 1.29 is 9.53 Å². The van der Waals surface area contributed by atoms with Crippen molar-refractivity contribution in [2.45, 2.75) is 78.5 Å². The lowest BCUT2D eigenvalue weighted by molar-refractivity contribution is -0.157. The molecule has 1 fully saturated rings. The zero-order valence-electron chi connectivity index (χ0n) is 12.1. The summed E-state index contributed by atoms with van der Waals surface area (Å²) in [6, 6.07) is 0.237. The molecule has 17 heavy (non-hydrogen) atoms. The Kier molecular flexibility index (Phi) is 4.23. The molecule has 2 unspecified atom stereocenters. The van der Waals surface area contributed by atoms with E-state index in [-0.39, 0.29) is 12.0 Å². The predicted octanol–water partition coefficient (Wildman–Crippen LogP) is 2.88. The second-order valence-corrected chi connectivity index (χ2v) is 7.03. The van der Waals surface area contributed by atoms with Gasteiger partial charge >= 0.3 is 5.97 Å². The van der Waals surface area contributed by atoms with Gasteiger partial charge in [0.25, 0.3) is 0 Å². The molecule has 0 spiro atoms. The first-order valence-electron chi connectivity index (χ1n) is 6.58. The lowest BCUT2D eigenvalue weighted by atomic mass is 9.92. The second kappa shape index (κ2) is 4.97. The summed E-state index contributed by atoms with van der Waals surface area (Å²) in [7, 11) is 0. The average molecular weight is 241 g/mol. The van der Waals surface area contributed by atoms with Crippen molar-refractivity contribution in [3.05, 3.63) is 0 Å². The Morgan fingerprint density at radius 1 is 1.41 bits per heavy atom. The Hall–Kier alpha value is -0.570. The van der Waals surface area contributed by atoms with Crippen LogP contribution in [0.15, 0.2) is 0 Å². The van der Waals surface area contributed by atoms with E-state index in [9.17, 15) is 4.79 Å². The van der Waals surface area contributed by atoms with Crippen LogP contribution in [0.25, 0.3) is 0 Å². The minimum absolute atomic E-state index is 0.151. The smallest absolute Gasteiger partial charge is 0.323 e. The molecular formula is C14H27NO2. The summed E-state index contributed by atoms with van der Waals surface area (Å²) in [5, 5.41) is 3.38. The average Bonchev–Trinajstić information content (AvgIpc) is 2.42. The summed E-state index contributed by atoms with van der Waals surface area (Å²) < 4.78 is 5.36. The van der Waals surface area contributed by atoms with E-state index >= 15 is 0 Å². The van der Waals surface area contributed by atoms with Crippen molar-refractivity contribution >= 4 is 5.97 Å². The van der Waals surface area contributed by atoms with Crippen LogP contribution in [0.2, 0.25) is 0 Å². The fourth-order valence-electron chi connectivity index (χ4n) is 2.39. The summed E-state index contributed by atoms with van der Waals surface area (Å²) >= 11 is 0. The van der Waals surface area contributed by atoms with Gasteiger partial charge in [0.2, 0.25) is 0 Å². The maximum absolute atomic E-state index is 11.8. The summed E-state index contributed by atoms with van der Waals surface area (Å²) in [6.45, 7) is 12.2. The van der Waals surface area contributed by atoms with Gasteiger partial charge in [-0.3, -0.25) is 4.79 Å². The van der Waals surface area contributed by atoms with Crippen molar-refractivity contribution in [1.82, 2.24) is 5.32 Å². The topological polar surface area (TPSA) is 38.3 Å². The van der Waals surface area contributed by atoms with E-state index < -0.39 is 5.60 Å². The Morgan fingerprint density at radius 3 is 2.41 bits per heavy atom. The molecule has 0 aromatic rings. The van der Waals surface area contributed by atoms with Crippen LogP contribution in [0.1, 0.15) is 60.8 Å². The third kappa shape index (κ3) is 5.07. The van der Waals surface area contributed by atoms with Gasteiger partial charge < -0.3 is 10.1 Å². The minimum atomic E-state index is -0.401. The number of carbonyl (C=O) groups is 1. The molecule has 0 aliphatic heterocycles. The summed E-state index contributed by atoms with van der Waals surface area (Å²) in [5.74, 6) is -0.151. The van der Waals surface area contributed by atoms with Gasteiger partial charge in [-0.25, -0.2) is 0 Å². The second-order valence-electron chi connectivity index (χ2n) is 7.03. The molecular weight excluding hydrogens is 214 g/mol. The summed E-state index contributed by atoms with van der Waals surface area (Å²) in [6.07, 6.45) is 3.52. The van der Waals surface area contributed by atoms with Gasteiger partial charge in [-0.1, -0.05) is 13.8 Å². The quantitative estimate of drug-likeness (QED) is 0.772. The van der Waals surface area contributed by atoms with Gasteiger partial charge in [-0.15, -0.1) is 0 Å². The molecule has 1 N–H and O–H groups in total. The highest BCUT2D eigenvalue weighted by atomic mass is 16.6. The van der Waals surface area contributed by atoms with E-state index in [4.69, 9.17) is 4.74 Å². The van der Waals surface area contributed by atoms with Gasteiger partial charge in [0.15, 0.2) is 0 Å².